The van der Waals surface area contributed by atoms with Gasteiger partial charge in [0.25, 0.3) is 0 Å². The predicted octanol–water partition coefficient (Wildman–Crippen LogP) is 0.435. The van der Waals surface area contributed by atoms with Gasteiger partial charge >= 0.3 is 0 Å². The third-order valence-corrected chi connectivity index (χ3v) is 1.55. The first-order chi connectivity index (χ1) is 5.27. The van der Waals surface area contributed by atoms with E-state index in [1.165, 1.54) is 0 Å². The second-order valence-electron chi connectivity index (χ2n) is 2.32. The summed E-state index contributed by atoms with van der Waals surface area (Å²) < 4.78 is 0. The molecule has 3 nitrogen and oxygen atoms in total. The fraction of sp³-hybridized carbons (Fsp3) is 0.125. The van der Waals surface area contributed by atoms with Gasteiger partial charge in [-0.25, -0.2) is 5.43 Å². The Balaban J connectivity index is 3.12. The van der Waals surface area contributed by atoms with Crippen LogP contribution in [0.15, 0.2) is 18.2 Å². The Hall–Kier alpha value is -1.53. The third-order valence-electron chi connectivity index (χ3n) is 1.55. The van der Waals surface area contributed by atoms with E-state index in [9.17, 15) is 0 Å². The van der Waals surface area contributed by atoms with Gasteiger partial charge in [-0.15, -0.1) is 0 Å². The number of anilines is 1. The molecule has 0 atom stereocenters. The molecular weight excluding hydrogens is 138 g/mol. The van der Waals surface area contributed by atoms with Crippen molar-refractivity contribution in [2.75, 3.05) is 5.43 Å². The highest BCUT2D eigenvalue weighted by molar-refractivity contribution is 5.52. The van der Waals surface area contributed by atoms with Crippen LogP contribution in [-0.4, -0.2) is 0 Å². The average molecular weight is 148 g/mol. The van der Waals surface area contributed by atoms with Gasteiger partial charge in [-0.1, -0.05) is 0 Å². The van der Waals surface area contributed by atoms with E-state index in [0.29, 0.717) is 5.56 Å². The Morgan fingerprint density at radius 1 is 1.55 bits per heavy atom. The third kappa shape index (κ3) is 1.48. The molecule has 0 unspecified atom stereocenters. The first-order valence-electron chi connectivity index (χ1n) is 3.32. The van der Waals surface area contributed by atoms with Crippen molar-refractivity contribution in [1.82, 2.24) is 0 Å². The normalized spacial score (nSPS) is 8.82. The van der Waals surface area contributed by atoms with Crippen molar-refractivity contribution >= 4 is 5.69 Å². The quantitative estimate of drug-likeness (QED) is 0.567. The largest absolute Gasteiger partial charge is 0.258 e. The minimum atomic E-state index is 0.682. The van der Waals surface area contributed by atoms with Gasteiger partial charge < -0.3 is 0 Å². The minimum Gasteiger partial charge on any atom is -0.258 e. The Labute approximate surface area is 65.4 Å². The summed E-state index contributed by atoms with van der Waals surface area (Å²) in [5.41, 5.74) is 5.47. The van der Waals surface area contributed by atoms with Gasteiger partial charge in [-0.05, 0) is 30.7 Å². The number of quaternary nitrogens is 1. The van der Waals surface area contributed by atoms with Gasteiger partial charge in [-0.2, -0.15) is 5.26 Å². The minimum absolute atomic E-state index is 0.682. The highest BCUT2D eigenvalue weighted by atomic mass is 15.2. The number of aryl methyl sites for hydroxylation is 1. The molecule has 0 heterocycles. The van der Waals surface area contributed by atoms with Crippen LogP contribution in [0.2, 0.25) is 0 Å². The van der Waals surface area contributed by atoms with Crippen molar-refractivity contribution < 1.29 is 5.84 Å². The van der Waals surface area contributed by atoms with Crippen molar-refractivity contribution in [1.29, 1.82) is 5.26 Å². The number of nitrogens with zero attached hydrogens (tertiary/aromatic N) is 1. The Kier molecular flexibility index (Phi) is 2.09. The molecule has 0 aliphatic rings. The van der Waals surface area contributed by atoms with E-state index in [4.69, 9.17) is 5.26 Å². The maximum atomic E-state index is 8.54. The molecule has 11 heavy (non-hydrogen) atoms. The Morgan fingerprint density at radius 3 is 2.73 bits per heavy atom. The molecule has 0 aliphatic carbocycles. The molecule has 0 amide bonds. The summed E-state index contributed by atoms with van der Waals surface area (Å²) >= 11 is 0. The molecular formula is C8H10N3+. The first kappa shape index (κ1) is 7.58. The standard InChI is InChI=1S/C8H9N3/c1-6-4-7(5-9)2-3-8(6)11-10/h2-4,11H,10H2,1H3/p+1. The van der Waals surface area contributed by atoms with Gasteiger partial charge in [-0.3, -0.25) is 5.84 Å². The Bertz CT molecular complexity index is 299. The number of hydrogen-bond acceptors (Lipinski definition) is 2. The molecule has 56 valence electrons. The lowest BCUT2D eigenvalue weighted by molar-refractivity contribution is -0.325. The zero-order valence-corrected chi connectivity index (χ0v) is 6.39. The van der Waals surface area contributed by atoms with Crippen LogP contribution in [0.5, 0.6) is 0 Å². The summed E-state index contributed by atoms with van der Waals surface area (Å²) in [5, 5.41) is 8.54. The molecule has 1 aromatic carbocycles. The van der Waals surface area contributed by atoms with Gasteiger partial charge in [0.05, 0.1) is 17.3 Å². The SMILES string of the molecule is Cc1cc(C#N)ccc1N[NH3+]. The summed E-state index contributed by atoms with van der Waals surface area (Å²) in [6, 6.07) is 7.51. The molecule has 0 fully saturated rings. The van der Waals surface area contributed by atoms with Crippen LogP contribution in [0, 0.1) is 18.3 Å². The molecule has 1 rings (SSSR count). The van der Waals surface area contributed by atoms with Crippen LogP contribution < -0.4 is 11.3 Å². The van der Waals surface area contributed by atoms with Crippen molar-refractivity contribution in [3.8, 4) is 6.07 Å². The smallest absolute Gasteiger partial charge is 0.0991 e. The maximum absolute atomic E-state index is 8.54. The molecule has 0 aromatic heterocycles. The van der Waals surface area contributed by atoms with Crippen molar-refractivity contribution in [3.63, 3.8) is 0 Å². The van der Waals surface area contributed by atoms with Crippen LogP contribution in [0.3, 0.4) is 0 Å². The highest BCUT2D eigenvalue weighted by Gasteiger charge is 1.97. The molecule has 1 aromatic rings. The lowest BCUT2D eigenvalue weighted by Crippen LogP contribution is -2.56. The van der Waals surface area contributed by atoms with Crippen LogP contribution >= 0.6 is 0 Å². The van der Waals surface area contributed by atoms with Crippen LogP contribution in [0.1, 0.15) is 11.1 Å². The maximum Gasteiger partial charge on any atom is 0.0991 e. The van der Waals surface area contributed by atoms with E-state index in [1.807, 2.05) is 19.1 Å². The van der Waals surface area contributed by atoms with Gasteiger partial charge in [0.2, 0.25) is 0 Å². The van der Waals surface area contributed by atoms with Crippen LogP contribution in [0.25, 0.3) is 0 Å². The summed E-state index contributed by atoms with van der Waals surface area (Å²) in [7, 11) is 0. The second kappa shape index (κ2) is 3.04. The molecule has 0 radical (unpaired) electrons. The first-order valence-corrected chi connectivity index (χ1v) is 3.32. The molecule has 0 bridgehead atoms. The second-order valence-corrected chi connectivity index (χ2v) is 2.32. The topological polar surface area (TPSA) is 63.5 Å². The highest BCUT2D eigenvalue weighted by Crippen LogP contribution is 2.13. The number of benzene rings is 1. The van der Waals surface area contributed by atoms with Crippen molar-refractivity contribution in [2.45, 2.75) is 6.92 Å². The number of hydrogen-bond donors (Lipinski definition) is 2. The van der Waals surface area contributed by atoms with E-state index in [0.717, 1.165) is 11.3 Å². The van der Waals surface area contributed by atoms with Gasteiger partial charge in [0, 0.05) is 0 Å². The average Bonchev–Trinajstić information content (AvgIpc) is 2.04. The summed E-state index contributed by atoms with van der Waals surface area (Å²) in [6.07, 6.45) is 0. The molecule has 0 saturated carbocycles. The summed E-state index contributed by atoms with van der Waals surface area (Å²) in [4.78, 5) is 0. The van der Waals surface area contributed by atoms with E-state index in [2.05, 4.69) is 17.3 Å². The van der Waals surface area contributed by atoms with E-state index < -0.39 is 0 Å². The predicted molar refractivity (Wildman–Crippen MR) is 42.4 cm³/mol. The summed E-state index contributed by atoms with van der Waals surface area (Å²) in [6.45, 7) is 1.94. The molecule has 0 saturated heterocycles. The van der Waals surface area contributed by atoms with Crippen LogP contribution in [0.4, 0.5) is 5.69 Å². The number of rotatable bonds is 1. The van der Waals surface area contributed by atoms with Crippen molar-refractivity contribution in [2.24, 2.45) is 0 Å². The summed E-state index contributed by atoms with van der Waals surface area (Å²) in [5.74, 6) is 3.54. The van der Waals surface area contributed by atoms with E-state index in [1.54, 1.807) is 6.07 Å². The van der Waals surface area contributed by atoms with E-state index in [-0.39, 0.29) is 0 Å². The van der Waals surface area contributed by atoms with Crippen molar-refractivity contribution in [3.05, 3.63) is 29.3 Å². The van der Waals surface area contributed by atoms with Gasteiger partial charge in [0.1, 0.15) is 0 Å². The van der Waals surface area contributed by atoms with Gasteiger partial charge in [0.15, 0.2) is 0 Å². The molecule has 4 N–H and O–H groups in total. The molecule has 3 heteroatoms. The fourth-order valence-corrected chi connectivity index (χ4v) is 0.932. The zero-order valence-electron chi connectivity index (χ0n) is 6.39. The lowest BCUT2D eigenvalue weighted by Gasteiger charge is -2.00. The Morgan fingerprint density at radius 2 is 2.27 bits per heavy atom. The van der Waals surface area contributed by atoms with Crippen LogP contribution in [-0.2, 0) is 0 Å². The lowest BCUT2D eigenvalue weighted by atomic mass is 10.1. The fourth-order valence-electron chi connectivity index (χ4n) is 0.932. The number of nitriles is 1. The van der Waals surface area contributed by atoms with E-state index >= 15 is 0 Å². The number of nitrogens with one attached hydrogen (secondary N) is 1. The molecule has 0 aliphatic heterocycles. The zero-order chi connectivity index (χ0) is 8.27. The molecule has 0 spiro atoms. The monoisotopic (exact) mass is 148 g/mol.